The van der Waals surface area contributed by atoms with Crippen LogP contribution in [-0.4, -0.2) is 65.5 Å². The molecule has 2 aliphatic heterocycles. The van der Waals surface area contributed by atoms with Gasteiger partial charge in [0.25, 0.3) is 5.91 Å². The number of hydrogen-bond donors (Lipinski definition) is 0. The van der Waals surface area contributed by atoms with Gasteiger partial charge in [-0.15, -0.1) is 0 Å². The van der Waals surface area contributed by atoms with Gasteiger partial charge in [-0.2, -0.15) is 0 Å². The fraction of sp³-hybridized carbons (Fsp3) is 0.500. The molecule has 4 rings (SSSR count). The second-order valence-corrected chi connectivity index (χ2v) is 10.1. The molecule has 0 unspecified atom stereocenters. The highest BCUT2D eigenvalue weighted by Crippen LogP contribution is 2.38. The van der Waals surface area contributed by atoms with Gasteiger partial charge in [-0.25, -0.2) is 4.79 Å². The number of rotatable bonds is 8. The minimum Gasteiger partial charge on any atom is -0.497 e. The van der Waals surface area contributed by atoms with Crippen molar-refractivity contribution in [3.05, 3.63) is 65.2 Å². The van der Waals surface area contributed by atoms with Gasteiger partial charge in [-0.05, 0) is 60.9 Å². The van der Waals surface area contributed by atoms with E-state index in [-0.39, 0.29) is 17.9 Å². The standard InChI is InChI=1S/C28H37N3O3/c1-21(2)19-30-26(32)28(14-17-29(18-15-28)20-24-8-6-5-7-22(24)3)31(27(30)33)16-13-23-9-11-25(34-4)12-10-23/h5-12,21H,13-20H2,1-4H3. The lowest BCUT2D eigenvalue weighted by Gasteiger charge is -2.42. The molecule has 6 nitrogen and oxygen atoms in total. The van der Waals surface area contributed by atoms with Crippen LogP contribution in [0, 0.1) is 12.8 Å². The third kappa shape index (κ3) is 4.83. The van der Waals surface area contributed by atoms with Crippen LogP contribution in [0.4, 0.5) is 4.79 Å². The summed E-state index contributed by atoms with van der Waals surface area (Å²) >= 11 is 0. The first kappa shape index (κ1) is 24.3. The van der Waals surface area contributed by atoms with Gasteiger partial charge in [0, 0.05) is 32.7 Å². The van der Waals surface area contributed by atoms with Gasteiger partial charge in [0.15, 0.2) is 0 Å². The summed E-state index contributed by atoms with van der Waals surface area (Å²) in [6, 6.07) is 16.3. The predicted octanol–water partition coefficient (Wildman–Crippen LogP) is 4.50. The summed E-state index contributed by atoms with van der Waals surface area (Å²) in [5, 5.41) is 0. The molecule has 34 heavy (non-hydrogen) atoms. The third-order valence-electron chi connectivity index (χ3n) is 7.29. The summed E-state index contributed by atoms with van der Waals surface area (Å²) in [5.41, 5.74) is 3.03. The van der Waals surface area contributed by atoms with Crippen molar-refractivity contribution < 1.29 is 14.3 Å². The van der Waals surface area contributed by atoms with Gasteiger partial charge >= 0.3 is 6.03 Å². The third-order valence-corrected chi connectivity index (χ3v) is 7.29. The molecule has 0 bridgehead atoms. The van der Waals surface area contributed by atoms with Gasteiger partial charge in [-0.1, -0.05) is 50.2 Å². The number of carbonyl (C=O) groups is 2. The molecule has 2 fully saturated rings. The Hall–Kier alpha value is -2.86. The number of urea groups is 1. The van der Waals surface area contributed by atoms with Crippen LogP contribution in [0.3, 0.4) is 0 Å². The Labute approximate surface area is 203 Å². The van der Waals surface area contributed by atoms with Crippen LogP contribution in [0.1, 0.15) is 43.4 Å². The first-order chi connectivity index (χ1) is 16.3. The van der Waals surface area contributed by atoms with Gasteiger partial charge < -0.3 is 9.64 Å². The molecule has 0 atom stereocenters. The Balaban J connectivity index is 1.50. The van der Waals surface area contributed by atoms with E-state index in [2.05, 4.69) is 49.9 Å². The van der Waals surface area contributed by atoms with E-state index in [1.165, 1.54) is 16.0 Å². The van der Waals surface area contributed by atoms with Crippen LogP contribution in [0.5, 0.6) is 5.75 Å². The van der Waals surface area contributed by atoms with E-state index in [9.17, 15) is 9.59 Å². The highest BCUT2D eigenvalue weighted by atomic mass is 16.5. The first-order valence-electron chi connectivity index (χ1n) is 12.4. The first-order valence-corrected chi connectivity index (χ1v) is 12.4. The summed E-state index contributed by atoms with van der Waals surface area (Å²) in [6.07, 6.45) is 2.08. The number of amides is 3. The van der Waals surface area contributed by atoms with E-state index in [1.54, 1.807) is 7.11 Å². The number of methoxy groups -OCH3 is 1. The Morgan fingerprint density at radius 1 is 1.00 bits per heavy atom. The number of ether oxygens (including phenoxy) is 1. The second-order valence-electron chi connectivity index (χ2n) is 10.1. The summed E-state index contributed by atoms with van der Waals surface area (Å²) in [7, 11) is 1.65. The number of likely N-dealkylation sites (tertiary alicyclic amines) is 1. The monoisotopic (exact) mass is 463 g/mol. The maximum absolute atomic E-state index is 13.7. The van der Waals surface area contributed by atoms with Crippen LogP contribution in [0.25, 0.3) is 0 Å². The van der Waals surface area contributed by atoms with Gasteiger partial charge in [0.05, 0.1) is 7.11 Å². The largest absolute Gasteiger partial charge is 0.497 e. The molecule has 0 N–H and O–H groups in total. The highest BCUT2D eigenvalue weighted by molar-refractivity contribution is 6.07. The molecule has 3 amide bonds. The van der Waals surface area contributed by atoms with Crippen molar-refractivity contribution in [3.63, 3.8) is 0 Å². The maximum Gasteiger partial charge on any atom is 0.327 e. The van der Waals surface area contributed by atoms with E-state index >= 15 is 0 Å². The fourth-order valence-corrected chi connectivity index (χ4v) is 5.24. The minimum absolute atomic E-state index is 0.00327. The lowest BCUT2D eigenvalue weighted by molar-refractivity contribution is -0.136. The van der Waals surface area contributed by atoms with Crippen LogP contribution in [0.15, 0.2) is 48.5 Å². The molecule has 1 spiro atoms. The molecule has 2 saturated heterocycles. The summed E-state index contributed by atoms with van der Waals surface area (Å²) in [4.78, 5) is 32.9. The molecule has 2 aromatic carbocycles. The number of piperidine rings is 1. The Morgan fingerprint density at radius 2 is 1.68 bits per heavy atom. The zero-order valence-corrected chi connectivity index (χ0v) is 20.9. The lowest BCUT2D eigenvalue weighted by atomic mass is 9.85. The number of benzene rings is 2. The molecule has 2 heterocycles. The summed E-state index contributed by atoms with van der Waals surface area (Å²) in [5.74, 6) is 1.06. The average Bonchev–Trinajstić information content (AvgIpc) is 3.01. The van der Waals surface area contributed by atoms with Crippen molar-refractivity contribution in [3.8, 4) is 5.75 Å². The van der Waals surface area contributed by atoms with E-state index in [0.717, 1.165) is 30.9 Å². The van der Waals surface area contributed by atoms with Crippen LogP contribution in [-0.2, 0) is 17.8 Å². The number of hydrogen-bond acceptors (Lipinski definition) is 4. The molecule has 0 saturated carbocycles. The average molecular weight is 464 g/mol. The topological polar surface area (TPSA) is 53.1 Å². The van der Waals surface area contributed by atoms with Crippen molar-refractivity contribution in [2.75, 3.05) is 33.3 Å². The Morgan fingerprint density at radius 3 is 2.29 bits per heavy atom. The summed E-state index contributed by atoms with van der Waals surface area (Å²) < 4.78 is 5.26. The molecule has 0 aromatic heterocycles. The molecule has 2 aliphatic rings. The van der Waals surface area contributed by atoms with Crippen molar-refractivity contribution >= 4 is 11.9 Å². The molecule has 0 aliphatic carbocycles. The fourth-order valence-electron chi connectivity index (χ4n) is 5.24. The van der Waals surface area contributed by atoms with E-state index in [1.807, 2.05) is 29.2 Å². The second kappa shape index (κ2) is 10.2. The summed E-state index contributed by atoms with van der Waals surface area (Å²) in [6.45, 7) is 9.77. The number of aryl methyl sites for hydroxylation is 1. The number of nitrogens with zero attached hydrogens (tertiary/aromatic N) is 3. The van der Waals surface area contributed by atoms with Gasteiger partial charge in [0.1, 0.15) is 11.3 Å². The number of carbonyl (C=O) groups excluding carboxylic acids is 2. The quantitative estimate of drug-likeness (QED) is 0.541. The van der Waals surface area contributed by atoms with Crippen molar-refractivity contribution in [2.24, 2.45) is 5.92 Å². The molecule has 6 heteroatoms. The molecule has 0 radical (unpaired) electrons. The van der Waals surface area contributed by atoms with Gasteiger partial charge in [0.2, 0.25) is 0 Å². The SMILES string of the molecule is COc1ccc(CCN2C(=O)N(CC(C)C)C(=O)C23CCN(Cc2ccccc2C)CC3)cc1. The molecule has 182 valence electrons. The van der Waals surface area contributed by atoms with Crippen LogP contribution >= 0.6 is 0 Å². The van der Waals surface area contributed by atoms with E-state index in [0.29, 0.717) is 32.4 Å². The zero-order valence-electron chi connectivity index (χ0n) is 20.9. The van der Waals surface area contributed by atoms with E-state index < -0.39 is 5.54 Å². The predicted molar refractivity (Wildman–Crippen MR) is 134 cm³/mol. The minimum atomic E-state index is -0.722. The highest BCUT2D eigenvalue weighted by Gasteiger charge is 2.57. The molecular weight excluding hydrogens is 426 g/mol. The van der Waals surface area contributed by atoms with Crippen LogP contribution in [0.2, 0.25) is 0 Å². The number of imide groups is 1. The van der Waals surface area contributed by atoms with Gasteiger partial charge in [-0.3, -0.25) is 14.6 Å². The van der Waals surface area contributed by atoms with Crippen molar-refractivity contribution in [1.29, 1.82) is 0 Å². The molecular formula is C28H37N3O3. The van der Waals surface area contributed by atoms with Crippen molar-refractivity contribution in [1.82, 2.24) is 14.7 Å². The lowest BCUT2D eigenvalue weighted by Crippen LogP contribution is -2.56. The smallest absolute Gasteiger partial charge is 0.327 e. The normalized spacial score (nSPS) is 18.4. The Kier molecular flexibility index (Phi) is 7.27. The maximum atomic E-state index is 13.7. The van der Waals surface area contributed by atoms with E-state index in [4.69, 9.17) is 4.74 Å². The molecule has 2 aromatic rings. The van der Waals surface area contributed by atoms with Crippen molar-refractivity contribution in [2.45, 2.75) is 52.1 Å². The van der Waals surface area contributed by atoms with Crippen LogP contribution < -0.4 is 4.74 Å². The Bertz CT molecular complexity index is 1010. The zero-order chi connectivity index (χ0) is 24.3.